The molecule has 0 saturated heterocycles. The van der Waals surface area contributed by atoms with E-state index in [9.17, 15) is 4.79 Å². The number of fused-ring (bicyclic) bond motifs is 3. The summed E-state index contributed by atoms with van der Waals surface area (Å²) in [5, 5.41) is 3.25. The van der Waals surface area contributed by atoms with Crippen molar-refractivity contribution in [2.75, 3.05) is 6.61 Å². The van der Waals surface area contributed by atoms with E-state index in [0.717, 1.165) is 43.0 Å². The number of rotatable bonds is 4. The number of halogens is 2. The Morgan fingerprint density at radius 2 is 1.79 bits per heavy atom. The van der Waals surface area contributed by atoms with Crippen molar-refractivity contribution in [2.45, 2.75) is 13.3 Å². The number of benzene rings is 3. The largest absolute Gasteiger partial charge is 0.466 e. The molecule has 1 aromatic heterocycles. The summed E-state index contributed by atoms with van der Waals surface area (Å²) in [6.45, 7) is 2.20. The molecule has 1 heterocycles. The molecule has 4 aromatic rings. The molecule has 5 heteroatoms. The zero-order valence-corrected chi connectivity index (χ0v) is 17.7. The van der Waals surface area contributed by atoms with Crippen LogP contribution in [0.4, 0.5) is 0 Å². The van der Waals surface area contributed by atoms with E-state index in [1.807, 2.05) is 55.5 Å². The summed E-state index contributed by atoms with van der Waals surface area (Å²) >= 11 is 3.47. The highest BCUT2D eigenvalue weighted by Gasteiger charge is 2.14. The SMILES string of the molecule is CCOC(=O)Cc1cc(-c2ccc(Br)cc2)nc2ccc3ccccc3c12.Cl. The van der Waals surface area contributed by atoms with Crippen LogP contribution in [0.5, 0.6) is 0 Å². The predicted octanol–water partition coefficient (Wildman–Crippen LogP) is 6.34. The van der Waals surface area contributed by atoms with Gasteiger partial charge in [0.2, 0.25) is 0 Å². The first-order valence-electron chi connectivity index (χ1n) is 8.88. The van der Waals surface area contributed by atoms with Crippen LogP contribution in [0.2, 0.25) is 0 Å². The second kappa shape index (κ2) is 8.72. The third kappa shape index (κ3) is 4.03. The first-order chi connectivity index (χ1) is 13.2. The Hall–Kier alpha value is -2.43. The van der Waals surface area contributed by atoms with Crippen LogP contribution in [0.15, 0.2) is 71.2 Å². The minimum absolute atomic E-state index is 0. The van der Waals surface area contributed by atoms with E-state index in [1.165, 1.54) is 0 Å². The van der Waals surface area contributed by atoms with Gasteiger partial charge in [-0.25, -0.2) is 4.98 Å². The first kappa shape index (κ1) is 20.3. The topological polar surface area (TPSA) is 39.2 Å². The van der Waals surface area contributed by atoms with E-state index >= 15 is 0 Å². The van der Waals surface area contributed by atoms with Crippen LogP contribution in [-0.2, 0) is 16.0 Å². The van der Waals surface area contributed by atoms with Crippen LogP contribution < -0.4 is 0 Å². The second-order valence-electron chi connectivity index (χ2n) is 6.34. The Labute approximate surface area is 178 Å². The van der Waals surface area contributed by atoms with Gasteiger partial charge >= 0.3 is 5.97 Å². The van der Waals surface area contributed by atoms with Crippen molar-refractivity contribution < 1.29 is 9.53 Å². The fraction of sp³-hybridized carbons (Fsp3) is 0.130. The quantitative estimate of drug-likeness (QED) is 0.265. The molecule has 28 heavy (non-hydrogen) atoms. The number of hydrogen-bond acceptors (Lipinski definition) is 3. The average Bonchev–Trinajstić information content (AvgIpc) is 2.68. The summed E-state index contributed by atoms with van der Waals surface area (Å²) in [4.78, 5) is 17.1. The van der Waals surface area contributed by atoms with E-state index in [1.54, 1.807) is 0 Å². The second-order valence-corrected chi connectivity index (χ2v) is 7.25. The van der Waals surface area contributed by atoms with Gasteiger partial charge in [0.05, 0.1) is 24.2 Å². The predicted molar refractivity (Wildman–Crippen MR) is 120 cm³/mol. The average molecular weight is 457 g/mol. The molecular weight excluding hydrogens is 438 g/mol. The molecule has 4 rings (SSSR count). The van der Waals surface area contributed by atoms with Gasteiger partial charge in [-0.15, -0.1) is 12.4 Å². The molecule has 0 unspecified atom stereocenters. The maximum absolute atomic E-state index is 12.2. The summed E-state index contributed by atoms with van der Waals surface area (Å²) < 4.78 is 6.22. The van der Waals surface area contributed by atoms with Gasteiger partial charge in [0.1, 0.15) is 0 Å². The van der Waals surface area contributed by atoms with Crippen LogP contribution in [0, 0.1) is 0 Å². The van der Waals surface area contributed by atoms with Gasteiger partial charge in [0, 0.05) is 15.4 Å². The Bertz CT molecular complexity index is 1140. The highest BCUT2D eigenvalue weighted by molar-refractivity contribution is 9.10. The molecule has 0 radical (unpaired) electrons. The third-order valence-electron chi connectivity index (χ3n) is 4.56. The summed E-state index contributed by atoms with van der Waals surface area (Å²) in [6, 6.07) is 22.3. The van der Waals surface area contributed by atoms with Gasteiger partial charge in [-0.1, -0.05) is 58.4 Å². The molecule has 0 N–H and O–H groups in total. The normalized spacial score (nSPS) is 10.6. The molecule has 0 saturated carbocycles. The van der Waals surface area contributed by atoms with Gasteiger partial charge < -0.3 is 4.74 Å². The zero-order chi connectivity index (χ0) is 18.8. The molecule has 0 aliphatic rings. The monoisotopic (exact) mass is 455 g/mol. The molecule has 0 aliphatic heterocycles. The Kier molecular flexibility index (Phi) is 6.32. The number of hydrogen-bond donors (Lipinski definition) is 0. The number of carbonyl (C=O) groups is 1. The van der Waals surface area contributed by atoms with Gasteiger partial charge in [0.15, 0.2) is 0 Å². The number of nitrogens with zero attached hydrogens (tertiary/aromatic N) is 1. The highest BCUT2D eigenvalue weighted by Crippen LogP contribution is 2.31. The number of aromatic nitrogens is 1. The van der Waals surface area contributed by atoms with Gasteiger partial charge in [-0.3, -0.25) is 4.79 Å². The molecule has 3 nitrogen and oxygen atoms in total. The molecule has 3 aromatic carbocycles. The van der Waals surface area contributed by atoms with Crippen LogP contribution in [0.1, 0.15) is 12.5 Å². The van der Waals surface area contributed by atoms with E-state index < -0.39 is 0 Å². The summed E-state index contributed by atoms with van der Waals surface area (Å²) in [7, 11) is 0. The fourth-order valence-corrected chi connectivity index (χ4v) is 3.63. The van der Waals surface area contributed by atoms with E-state index in [2.05, 4.69) is 34.1 Å². The summed E-state index contributed by atoms with van der Waals surface area (Å²) in [6.07, 6.45) is 0.227. The lowest BCUT2D eigenvalue weighted by Gasteiger charge is -2.12. The van der Waals surface area contributed by atoms with Gasteiger partial charge in [-0.05, 0) is 47.5 Å². The van der Waals surface area contributed by atoms with Gasteiger partial charge in [0.25, 0.3) is 0 Å². The fourth-order valence-electron chi connectivity index (χ4n) is 3.37. The van der Waals surface area contributed by atoms with Crippen molar-refractivity contribution in [1.82, 2.24) is 4.98 Å². The van der Waals surface area contributed by atoms with Crippen LogP contribution in [0.25, 0.3) is 32.9 Å². The minimum Gasteiger partial charge on any atom is -0.466 e. The minimum atomic E-state index is -0.223. The van der Waals surface area contributed by atoms with Crippen molar-refractivity contribution >= 4 is 56.0 Å². The Morgan fingerprint density at radius 1 is 1.04 bits per heavy atom. The van der Waals surface area contributed by atoms with Crippen molar-refractivity contribution in [1.29, 1.82) is 0 Å². The molecular formula is C23H19BrClNO2. The molecule has 0 fully saturated rings. The smallest absolute Gasteiger partial charge is 0.310 e. The molecule has 0 atom stereocenters. The van der Waals surface area contributed by atoms with E-state index in [0.29, 0.717) is 6.61 Å². The van der Waals surface area contributed by atoms with Crippen LogP contribution in [0.3, 0.4) is 0 Å². The highest BCUT2D eigenvalue weighted by atomic mass is 79.9. The zero-order valence-electron chi connectivity index (χ0n) is 15.3. The molecule has 0 amide bonds. The lowest BCUT2D eigenvalue weighted by atomic mass is 9.97. The lowest BCUT2D eigenvalue weighted by Crippen LogP contribution is -2.08. The standard InChI is InChI=1S/C23H18BrNO2.ClH/c1-2-27-22(26)14-17-13-21(16-7-10-18(24)11-8-16)25-20-12-9-15-5-3-4-6-19(15)23(17)20;/h3-13H,2,14H2,1H3;1H. The van der Waals surface area contributed by atoms with Crippen molar-refractivity contribution in [3.8, 4) is 11.3 Å². The molecule has 0 spiro atoms. The third-order valence-corrected chi connectivity index (χ3v) is 5.09. The lowest BCUT2D eigenvalue weighted by molar-refractivity contribution is -0.142. The number of esters is 1. The van der Waals surface area contributed by atoms with Crippen LogP contribution in [-0.4, -0.2) is 17.6 Å². The van der Waals surface area contributed by atoms with Crippen molar-refractivity contribution in [2.24, 2.45) is 0 Å². The summed E-state index contributed by atoms with van der Waals surface area (Å²) in [5.74, 6) is -0.223. The summed E-state index contributed by atoms with van der Waals surface area (Å²) in [5.41, 5.74) is 3.68. The van der Waals surface area contributed by atoms with Crippen LogP contribution >= 0.6 is 28.3 Å². The maximum Gasteiger partial charge on any atom is 0.310 e. The van der Waals surface area contributed by atoms with E-state index in [-0.39, 0.29) is 24.8 Å². The number of pyridine rings is 1. The number of ether oxygens (including phenoxy) is 1. The molecule has 0 bridgehead atoms. The van der Waals surface area contributed by atoms with Gasteiger partial charge in [-0.2, -0.15) is 0 Å². The Balaban J connectivity index is 0.00000225. The molecule has 142 valence electrons. The Morgan fingerprint density at radius 3 is 2.54 bits per heavy atom. The van der Waals surface area contributed by atoms with Crippen molar-refractivity contribution in [3.05, 3.63) is 76.8 Å². The van der Waals surface area contributed by atoms with E-state index in [4.69, 9.17) is 9.72 Å². The first-order valence-corrected chi connectivity index (χ1v) is 9.68. The van der Waals surface area contributed by atoms with Crippen molar-refractivity contribution in [3.63, 3.8) is 0 Å². The molecule has 0 aliphatic carbocycles. The number of carbonyl (C=O) groups excluding carboxylic acids is 1. The maximum atomic E-state index is 12.2.